The van der Waals surface area contributed by atoms with Gasteiger partial charge in [0.15, 0.2) is 0 Å². The Balaban J connectivity index is 1.21. The summed E-state index contributed by atoms with van der Waals surface area (Å²) in [7, 11) is 0. The summed E-state index contributed by atoms with van der Waals surface area (Å²) in [6.07, 6.45) is 2.64. The number of thioether (sulfide) groups is 1. The standard InChI is InChI=1S/C21H24N4O4S2/c1-2-28-20(27)14-9-11-25(12-10-14)19(26)13-30-21-24-23-17(29-21)7-8-18-22-15-5-3-4-6-16(15)31-18/h3-6,14H,2,7-13H2,1H3. The molecule has 0 bridgehead atoms. The van der Waals surface area contributed by atoms with Gasteiger partial charge in [-0.3, -0.25) is 9.59 Å². The molecule has 10 heteroatoms. The summed E-state index contributed by atoms with van der Waals surface area (Å²) in [4.78, 5) is 30.7. The van der Waals surface area contributed by atoms with Gasteiger partial charge >= 0.3 is 5.97 Å². The second-order valence-electron chi connectivity index (χ2n) is 7.23. The quantitative estimate of drug-likeness (QED) is 0.373. The molecule has 31 heavy (non-hydrogen) atoms. The number of fused-ring (bicyclic) bond motifs is 1. The third-order valence-electron chi connectivity index (χ3n) is 5.13. The molecule has 164 valence electrons. The van der Waals surface area contributed by atoms with Gasteiger partial charge in [-0.05, 0) is 31.9 Å². The number of aromatic nitrogens is 3. The van der Waals surface area contributed by atoms with Crippen molar-refractivity contribution in [3.05, 3.63) is 35.2 Å². The number of benzene rings is 1. The highest BCUT2D eigenvalue weighted by Crippen LogP contribution is 2.24. The van der Waals surface area contributed by atoms with Gasteiger partial charge in [0, 0.05) is 25.9 Å². The second-order valence-corrected chi connectivity index (χ2v) is 9.27. The van der Waals surface area contributed by atoms with Crippen LogP contribution in [0.2, 0.25) is 0 Å². The zero-order valence-corrected chi connectivity index (χ0v) is 18.9. The van der Waals surface area contributed by atoms with E-state index in [1.54, 1.807) is 23.2 Å². The van der Waals surface area contributed by atoms with E-state index in [0.717, 1.165) is 16.9 Å². The fraction of sp³-hybridized carbons (Fsp3) is 0.476. The number of para-hydroxylation sites is 1. The number of hydrogen-bond acceptors (Lipinski definition) is 9. The van der Waals surface area contributed by atoms with E-state index < -0.39 is 0 Å². The maximum absolute atomic E-state index is 12.5. The highest BCUT2D eigenvalue weighted by Gasteiger charge is 2.28. The van der Waals surface area contributed by atoms with Gasteiger partial charge in [-0.25, -0.2) is 4.98 Å². The van der Waals surface area contributed by atoms with Gasteiger partial charge in [0.2, 0.25) is 11.8 Å². The first-order valence-corrected chi connectivity index (χ1v) is 12.2. The molecule has 1 aliphatic rings. The number of aryl methyl sites for hydroxylation is 2. The van der Waals surface area contributed by atoms with Crippen LogP contribution >= 0.6 is 23.1 Å². The molecule has 0 saturated carbocycles. The number of hydrogen-bond donors (Lipinski definition) is 0. The Bertz CT molecular complexity index is 1010. The molecular weight excluding hydrogens is 436 g/mol. The molecule has 4 rings (SSSR count). The van der Waals surface area contributed by atoms with E-state index in [2.05, 4.69) is 21.2 Å². The highest BCUT2D eigenvalue weighted by molar-refractivity contribution is 7.99. The lowest BCUT2D eigenvalue weighted by Gasteiger charge is -2.30. The molecular formula is C21H24N4O4S2. The van der Waals surface area contributed by atoms with Crippen LogP contribution in [0.15, 0.2) is 33.9 Å². The third-order valence-corrected chi connectivity index (χ3v) is 7.03. The minimum Gasteiger partial charge on any atom is -0.466 e. The molecule has 1 amide bonds. The first kappa shape index (κ1) is 21.8. The normalized spacial score (nSPS) is 14.8. The van der Waals surface area contributed by atoms with E-state index in [9.17, 15) is 9.59 Å². The lowest BCUT2D eigenvalue weighted by atomic mass is 9.97. The first-order valence-electron chi connectivity index (χ1n) is 10.4. The monoisotopic (exact) mass is 460 g/mol. The van der Waals surface area contributed by atoms with Crippen LogP contribution in [-0.2, 0) is 27.2 Å². The molecule has 0 atom stereocenters. The van der Waals surface area contributed by atoms with Crippen molar-refractivity contribution < 1.29 is 18.7 Å². The van der Waals surface area contributed by atoms with Crippen LogP contribution in [0.4, 0.5) is 0 Å². The summed E-state index contributed by atoms with van der Waals surface area (Å²) < 4.78 is 11.9. The van der Waals surface area contributed by atoms with Gasteiger partial charge in [0.05, 0.1) is 33.5 Å². The maximum Gasteiger partial charge on any atom is 0.309 e. The van der Waals surface area contributed by atoms with Crippen molar-refractivity contribution in [1.82, 2.24) is 20.1 Å². The van der Waals surface area contributed by atoms with Gasteiger partial charge in [-0.2, -0.15) is 0 Å². The number of ether oxygens (including phenoxy) is 1. The SMILES string of the molecule is CCOC(=O)C1CCN(C(=O)CSc2nnc(CCc3nc4ccccc4s3)o2)CC1. The summed E-state index contributed by atoms with van der Waals surface area (Å²) in [5.74, 6) is 0.536. The Morgan fingerprint density at radius 1 is 1.23 bits per heavy atom. The Labute approximate surface area is 188 Å². The minimum atomic E-state index is -0.159. The van der Waals surface area contributed by atoms with Crippen LogP contribution in [0.3, 0.4) is 0 Å². The number of rotatable bonds is 8. The van der Waals surface area contributed by atoms with Gasteiger partial charge < -0.3 is 14.1 Å². The molecule has 1 saturated heterocycles. The largest absolute Gasteiger partial charge is 0.466 e. The molecule has 1 aliphatic heterocycles. The van der Waals surface area contributed by atoms with Crippen LogP contribution in [0.25, 0.3) is 10.2 Å². The Morgan fingerprint density at radius 3 is 2.81 bits per heavy atom. The predicted octanol–water partition coefficient (Wildman–Crippen LogP) is 3.36. The van der Waals surface area contributed by atoms with E-state index in [0.29, 0.717) is 50.1 Å². The number of esters is 1. The molecule has 8 nitrogen and oxygen atoms in total. The van der Waals surface area contributed by atoms with E-state index in [4.69, 9.17) is 9.15 Å². The lowest BCUT2D eigenvalue weighted by molar-refractivity contribution is -0.151. The zero-order valence-electron chi connectivity index (χ0n) is 17.3. The third kappa shape index (κ3) is 5.62. The number of carbonyl (C=O) groups is 2. The topological polar surface area (TPSA) is 98.4 Å². The second kappa shape index (κ2) is 10.2. The van der Waals surface area contributed by atoms with Gasteiger partial charge in [0.25, 0.3) is 5.22 Å². The smallest absolute Gasteiger partial charge is 0.309 e. The van der Waals surface area contributed by atoms with Gasteiger partial charge in [0.1, 0.15) is 0 Å². The number of amides is 1. The van der Waals surface area contributed by atoms with E-state index in [-0.39, 0.29) is 23.5 Å². The average Bonchev–Trinajstić information content (AvgIpc) is 3.42. The number of piperidine rings is 1. The predicted molar refractivity (Wildman–Crippen MR) is 118 cm³/mol. The number of thiazole rings is 1. The molecule has 1 fully saturated rings. The van der Waals surface area contributed by atoms with Crippen LogP contribution in [-0.4, -0.2) is 57.4 Å². The summed E-state index contributed by atoms with van der Waals surface area (Å²) in [5.41, 5.74) is 1.01. The van der Waals surface area contributed by atoms with Crippen molar-refractivity contribution in [2.24, 2.45) is 5.92 Å². The summed E-state index contributed by atoms with van der Waals surface area (Å²) in [6, 6.07) is 8.06. The van der Waals surface area contributed by atoms with Crippen molar-refractivity contribution in [3.8, 4) is 0 Å². The zero-order chi connectivity index (χ0) is 21.6. The molecule has 0 radical (unpaired) electrons. The van der Waals surface area contributed by atoms with Crippen molar-refractivity contribution in [3.63, 3.8) is 0 Å². The Morgan fingerprint density at radius 2 is 2.03 bits per heavy atom. The van der Waals surface area contributed by atoms with E-state index in [1.165, 1.54) is 16.5 Å². The molecule has 2 aromatic heterocycles. The first-order chi connectivity index (χ1) is 15.1. The van der Waals surface area contributed by atoms with Crippen molar-refractivity contribution in [1.29, 1.82) is 0 Å². The summed E-state index contributed by atoms with van der Waals surface area (Å²) >= 11 is 2.92. The minimum absolute atomic E-state index is 0.0153. The Kier molecular flexibility index (Phi) is 7.18. The van der Waals surface area contributed by atoms with Gasteiger partial charge in [-0.15, -0.1) is 21.5 Å². The highest BCUT2D eigenvalue weighted by atomic mass is 32.2. The van der Waals surface area contributed by atoms with Crippen LogP contribution in [0.5, 0.6) is 0 Å². The van der Waals surface area contributed by atoms with Gasteiger partial charge in [-0.1, -0.05) is 23.9 Å². The average molecular weight is 461 g/mol. The van der Waals surface area contributed by atoms with Crippen molar-refractivity contribution in [2.45, 2.75) is 37.8 Å². The van der Waals surface area contributed by atoms with Crippen molar-refractivity contribution >= 4 is 45.2 Å². The maximum atomic E-state index is 12.5. The molecule has 0 unspecified atom stereocenters. The lowest BCUT2D eigenvalue weighted by Crippen LogP contribution is -2.41. The number of likely N-dealkylation sites (tertiary alicyclic amines) is 1. The Hall–Kier alpha value is -2.46. The molecule has 0 aliphatic carbocycles. The molecule has 3 heterocycles. The fourth-order valence-corrected chi connectivity index (χ4v) is 5.13. The molecule has 0 N–H and O–H groups in total. The van der Waals surface area contributed by atoms with Crippen LogP contribution in [0, 0.1) is 5.92 Å². The number of carbonyl (C=O) groups excluding carboxylic acids is 2. The van der Waals surface area contributed by atoms with Crippen LogP contribution in [0.1, 0.15) is 30.7 Å². The fourth-order valence-electron chi connectivity index (χ4n) is 3.48. The molecule has 3 aromatic rings. The van der Waals surface area contributed by atoms with E-state index >= 15 is 0 Å². The van der Waals surface area contributed by atoms with E-state index in [1.807, 2.05) is 18.2 Å². The number of nitrogens with zero attached hydrogens (tertiary/aromatic N) is 4. The summed E-state index contributed by atoms with van der Waals surface area (Å²) in [6.45, 7) is 3.33. The molecule has 0 spiro atoms. The van der Waals surface area contributed by atoms with Crippen molar-refractivity contribution in [2.75, 3.05) is 25.4 Å². The summed E-state index contributed by atoms with van der Waals surface area (Å²) in [5, 5.41) is 9.56. The molecule has 1 aromatic carbocycles. The van der Waals surface area contributed by atoms with Crippen LogP contribution < -0.4 is 0 Å².